The number of nitrogens with zero attached hydrogens (tertiary/aromatic N) is 1. The first-order chi connectivity index (χ1) is 10.1. The van der Waals surface area contributed by atoms with Crippen LogP contribution in [0.3, 0.4) is 0 Å². The predicted molar refractivity (Wildman–Crippen MR) is 81.8 cm³/mol. The lowest BCUT2D eigenvalue weighted by atomic mass is 9.88. The molecule has 112 valence electrons. The topological polar surface area (TPSA) is 62.1 Å². The molecular weight excluding hydrogens is 264 g/mol. The minimum atomic E-state index is -0.507. The molecule has 1 amide bonds. The second kappa shape index (κ2) is 7.24. The van der Waals surface area contributed by atoms with Crippen LogP contribution in [0.4, 0.5) is 5.69 Å². The van der Waals surface area contributed by atoms with Crippen LogP contribution in [0.2, 0.25) is 0 Å². The van der Waals surface area contributed by atoms with E-state index in [-0.39, 0.29) is 12.0 Å². The molecule has 0 saturated heterocycles. The Kier molecular flexibility index (Phi) is 5.35. The summed E-state index contributed by atoms with van der Waals surface area (Å²) in [7, 11) is 0. The summed E-state index contributed by atoms with van der Waals surface area (Å²) < 4.78 is 5.87. The molecule has 1 aliphatic rings. The molecular formula is C17H22N2O2. The van der Waals surface area contributed by atoms with Gasteiger partial charge in [-0.25, -0.2) is 0 Å². The summed E-state index contributed by atoms with van der Waals surface area (Å²) in [6.45, 7) is 3.99. The molecule has 0 heterocycles. The number of carbonyl (C=O) groups excluding carboxylic acids is 1. The largest absolute Gasteiger partial charge is 0.365 e. The first-order valence-electron chi connectivity index (χ1n) is 7.55. The highest BCUT2D eigenvalue weighted by atomic mass is 16.5. The van der Waals surface area contributed by atoms with Gasteiger partial charge in [-0.3, -0.25) is 4.79 Å². The van der Waals surface area contributed by atoms with Crippen molar-refractivity contribution in [1.29, 1.82) is 5.26 Å². The average Bonchev–Trinajstić information content (AvgIpc) is 2.47. The Morgan fingerprint density at radius 3 is 2.90 bits per heavy atom. The lowest BCUT2D eigenvalue weighted by Gasteiger charge is -2.29. The highest BCUT2D eigenvalue weighted by Crippen LogP contribution is 2.26. The second-order valence-corrected chi connectivity index (χ2v) is 5.82. The SMILES string of the molecule is CC1CCCC(OC(C)C(=O)Nc2ccccc2C#N)C1. The van der Waals surface area contributed by atoms with E-state index in [9.17, 15) is 4.79 Å². The van der Waals surface area contributed by atoms with Crippen molar-refractivity contribution in [2.24, 2.45) is 5.92 Å². The standard InChI is InChI=1S/C17H22N2O2/c1-12-6-5-8-15(10-12)21-13(2)17(20)19-16-9-4-3-7-14(16)11-18/h3-4,7,9,12-13,15H,5-6,8,10H2,1-2H3,(H,19,20). The third-order valence-corrected chi connectivity index (χ3v) is 3.96. The molecule has 3 atom stereocenters. The fourth-order valence-electron chi connectivity index (χ4n) is 2.78. The van der Waals surface area contributed by atoms with E-state index in [1.165, 1.54) is 6.42 Å². The zero-order valence-electron chi connectivity index (χ0n) is 12.6. The van der Waals surface area contributed by atoms with Gasteiger partial charge >= 0.3 is 0 Å². The van der Waals surface area contributed by atoms with Gasteiger partial charge in [0.15, 0.2) is 0 Å². The van der Waals surface area contributed by atoms with Crippen molar-refractivity contribution in [3.8, 4) is 6.07 Å². The third-order valence-electron chi connectivity index (χ3n) is 3.96. The maximum Gasteiger partial charge on any atom is 0.253 e. The van der Waals surface area contributed by atoms with Crippen molar-refractivity contribution in [2.45, 2.75) is 51.7 Å². The van der Waals surface area contributed by atoms with Crippen LogP contribution in [0.5, 0.6) is 0 Å². The van der Waals surface area contributed by atoms with E-state index in [0.717, 1.165) is 19.3 Å². The molecule has 1 N–H and O–H groups in total. The summed E-state index contributed by atoms with van der Waals surface area (Å²) in [5.41, 5.74) is 1.00. The van der Waals surface area contributed by atoms with E-state index in [4.69, 9.17) is 10.00 Å². The Labute approximate surface area is 126 Å². The van der Waals surface area contributed by atoms with Crippen molar-refractivity contribution in [3.63, 3.8) is 0 Å². The number of hydrogen-bond acceptors (Lipinski definition) is 3. The molecule has 1 aromatic carbocycles. The van der Waals surface area contributed by atoms with Crippen molar-refractivity contribution >= 4 is 11.6 Å². The molecule has 1 aromatic rings. The molecule has 21 heavy (non-hydrogen) atoms. The van der Waals surface area contributed by atoms with Crippen LogP contribution < -0.4 is 5.32 Å². The Hall–Kier alpha value is -1.86. The minimum Gasteiger partial charge on any atom is -0.365 e. The Morgan fingerprint density at radius 1 is 1.43 bits per heavy atom. The summed E-state index contributed by atoms with van der Waals surface area (Å²) in [5, 5.41) is 11.8. The van der Waals surface area contributed by atoms with Crippen LogP contribution in [-0.4, -0.2) is 18.1 Å². The lowest BCUT2D eigenvalue weighted by Crippen LogP contribution is -2.33. The van der Waals surface area contributed by atoms with E-state index in [1.807, 2.05) is 0 Å². The van der Waals surface area contributed by atoms with Crippen LogP contribution in [0.15, 0.2) is 24.3 Å². The summed E-state index contributed by atoms with van der Waals surface area (Å²) in [6, 6.07) is 9.06. The maximum atomic E-state index is 12.2. The molecule has 0 spiro atoms. The van der Waals surface area contributed by atoms with Gasteiger partial charge in [-0.1, -0.05) is 31.9 Å². The maximum absolute atomic E-state index is 12.2. The zero-order chi connectivity index (χ0) is 15.2. The Bertz CT molecular complexity index is 536. The number of anilines is 1. The smallest absolute Gasteiger partial charge is 0.253 e. The summed E-state index contributed by atoms with van der Waals surface area (Å²) in [5.74, 6) is 0.467. The van der Waals surface area contributed by atoms with E-state index in [2.05, 4.69) is 18.3 Å². The number of para-hydroxylation sites is 1. The van der Waals surface area contributed by atoms with Gasteiger partial charge in [-0.05, 0) is 37.8 Å². The number of hydrogen-bond donors (Lipinski definition) is 1. The third kappa shape index (κ3) is 4.30. The summed E-state index contributed by atoms with van der Waals surface area (Å²) in [6.07, 6.45) is 4.11. The van der Waals surface area contributed by atoms with Crippen molar-refractivity contribution < 1.29 is 9.53 Å². The fraction of sp³-hybridized carbons (Fsp3) is 0.529. The van der Waals surface area contributed by atoms with Gasteiger partial charge in [0, 0.05) is 0 Å². The quantitative estimate of drug-likeness (QED) is 0.921. The first kappa shape index (κ1) is 15.5. The highest BCUT2D eigenvalue weighted by molar-refractivity contribution is 5.95. The highest BCUT2D eigenvalue weighted by Gasteiger charge is 2.24. The van der Waals surface area contributed by atoms with E-state index >= 15 is 0 Å². The summed E-state index contributed by atoms with van der Waals surface area (Å²) in [4.78, 5) is 12.2. The predicted octanol–water partition coefficient (Wildman–Crippen LogP) is 3.48. The minimum absolute atomic E-state index is 0.167. The molecule has 1 fully saturated rings. The van der Waals surface area contributed by atoms with Gasteiger partial charge in [-0.2, -0.15) is 5.26 Å². The molecule has 0 radical (unpaired) electrons. The summed E-state index contributed by atoms with van der Waals surface area (Å²) >= 11 is 0. The monoisotopic (exact) mass is 286 g/mol. The molecule has 1 aliphatic carbocycles. The molecule has 2 rings (SSSR count). The molecule has 4 nitrogen and oxygen atoms in total. The number of nitriles is 1. The Morgan fingerprint density at radius 2 is 2.19 bits per heavy atom. The number of carbonyl (C=O) groups is 1. The van der Waals surface area contributed by atoms with Crippen molar-refractivity contribution in [3.05, 3.63) is 29.8 Å². The number of amides is 1. The van der Waals surface area contributed by atoms with Crippen LogP contribution in [0.25, 0.3) is 0 Å². The van der Waals surface area contributed by atoms with E-state index in [0.29, 0.717) is 17.2 Å². The Balaban J connectivity index is 1.92. The van der Waals surface area contributed by atoms with Gasteiger partial charge in [0.1, 0.15) is 12.2 Å². The molecule has 0 aliphatic heterocycles. The van der Waals surface area contributed by atoms with Crippen molar-refractivity contribution in [1.82, 2.24) is 0 Å². The van der Waals surface area contributed by atoms with E-state index in [1.54, 1.807) is 31.2 Å². The number of rotatable bonds is 4. The van der Waals surface area contributed by atoms with Gasteiger partial charge < -0.3 is 10.1 Å². The van der Waals surface area contributed by atoms with Crippen LogP contribution in [0, 0.1) is 17.2 Å². The number of ether oxygens (including phenoxy) is 1. The van der Waals surface area contributed by atoms with Crippen LogP contribution in [-0.2, 0) is 9.53 Å². The van der Waals surface area contributed by atoms with Crippen LogP contribution >= 0.6 is 0 Å². The van der Waals surface area contributed by atoms with Gasteiger partial charge in [-0.15, -0.1) is 0 Å². The average molecular weight is 286 g/mol. The van der Waals surface area contributed by atoms with Gasteiger partial charge in [0.2, 0.25) is 0 Å². The normalized spacial score (nSPS) is 23.1. The zero-order valence-corrected chi connectivity index (χ0v) is 12.6. The molecule has 0 aromatic heterocycles. The first-order valence-corrected chi connectivity index (χ1v) is 7.55. The lowest BCUT2D eigenvalue weighted by molar-refractivity contribution is -0.131. The number of nitrogens with one attached hydrogen (secondary N) is 1. The molecule has 1 saturated carbocycles. The molecule has 4 heteroatoms. The van der Waals surface area contributed by atoms with Gasteiger partial charge in [0.25, 0.3) is 5.91 Å². The van der Waals surface area contributed by atoms with Crippen LogP contribution in [0.1, 0.15) is 45.1 Å². The second-order valence-electron chi connectivity index (χ2n) is 5.82. The van der Waals surface area contributed by atoms with Gasteiger partial charge in [0.05, 0.1) is 17.4 Å². The fourth-order valence-corrected chi connectivity index (χ4v) is 2.78. The molecule has 0 bridgehead atoms. The molecule has 3 unspecified atom stereocenters. The van der Waals surface area contributed by atoms with E-state index < -0.39 is 6.10 Å². The van der Waals surface area contributed by atoms with Crippen molar-refractivity contribution in [2.75, 3.05) is 5.32 Å². The number of benzene rings is 1.